The molecule has 68 valence electrons. The Morgan fingerprint density at radius 2 is 2.42 bits per heavy atom. The standard InChI is InChI=1S/C8H15N3O/c9-3-5-10-6-7-2-1-4-11(7)8(10)12/h7H,1-6,9H2/t7-/m0/s1. The van der Waals surface area contributed by atoms with Gasteiger partial charge in [0.25, 0.3) is 0 Å². The zero-order valence-corrected chi connectivity index (χ0v) is 7.20. The van der Waals surface area contributed by atoms with Gasteiger partial charge in [-0.05, 0) is 12.8 Å². The number of hydrogen-bond donors (Lipinski definition) is 1. The summed E-state index contributed by atoms with van der Waals surface area (Å²) in [5.74, 6) is 0. The molecular formula is C8H15N3O. The van der Waals surface area contributed by atoms with Gasteiger partial charge in [0.15, 0.2) is 0 Å². The second-order valence-corrected chi connectivity index (χ2v) is 3.51. The molecule has 0 spiro atoms. The minimum absolute atomic E-state index is 0.197. The fourth-order valence-electron chi connectivity index (χ4n) is 2.13. The molecule has 0 aromatic heterocycles. The molecule has 2 saturated heterocycles. The minimum atomic E-state index is 0.197. The molecule has 0 bridgehead atoms. The summed E-state index contributed by atoms with van der Waals surface area (Å²) in [5, 5.41) is 0. The van der Waals surface area contributed by atoms with Crippen LogP contribution in [0.4, 0.5) is 4.79 Å². The number of nitrogens with two attached hydrogens (primary N) is 1. The quantitative estimate of drug-likeness (QED) is 0.624. The van der Waals surface area contributed by atoms with Crippen LogP contribution in [0.2, 0.25) is 0 Å². The van der Waals surface area contributed by atoms with Crippen LogP contribution in [0.25, 0.3) is 0 Å². The van der Waals surface area contributed by atoms with Crippen molar-refractivity contribution < 1.29 is 4.79 Å². The summed E-state index contributed by atoms with van der Waals surface area (Å²) in [7, 11) is 0. The number of nitrogens with zero attached hydrogens (tertiary/aromatic N) is 2. The summed E-state index contributed by atoms with van der Waals surface area (Å²) >= 11 is 0. The zero-order valence-electron chi connectivity index (χ0n) is 7.20. The third kappa shape index (κ3) is 1.06. The Morgan fingerprint density at radius 1 is 1.58 bits per heavy atom. The zero-order chi connectivity index (χ0) is 8.55. The van der Waals surface area contributed by atoms with E-state index >= 15 is 0 Å². The minimum Gasteiger partial charge on any atom is -0.329 e. The van der Waals surface area contributed by atoms with Gasteiger partial charge in [-0.15, -0.1) is 0 Å². The highest BCUT2D eigenvalue weighted by Gasteiger charge is 2.39. The topological polar surface area (TPSA) is 49.6 Å². The maximum absolute atomic E-state index is 11.6. The van der Waals surface area contributed by atoms with Crippen LogP contribution in [0.3, 0.4) is 0 Å². The molecule has 4 heteroatoms. The molecule has 0 unspecified atom stereocenters. The van der Waals surface area contributed by atoms with Crippen LogP contribution >= 0.6 is 0 Å². The van der Waals surface area contributed by atoms with Crippen molar-refractivity contribution in [1.29, 1.82) is 0 Å². The molecule has 2 fully saturated rings. The lowest BCUT2D eigenvalue weighted by Gasteiger charge is -2.15. The van der Waals surface area contributed by atoms with Gasteiger partial charge in [0.1, 0.15) is 0 Å². The van der Waals surface area contributed by atoms with E-state index in [9.17, 15) is 4.79 Å². The Morgan fingerprint density at radius 3 is 3.08 bits per heavy atom. The lowest BCUT2D eigenvalue weighted by molar-refractivity contribution is 0.194. The number of fused-ring (bicyclic) bond motifs is 1. The number of carbonyl (C=O) groups is 1. The monoisotopic (exact) mass is 169 g/mol. The van der Waals surface area contributed by atoms with Gasteiger partial charge in [-0.2, -0.15) is 0 Å². The summed E-state index contributed by atoms with van der Waals surface area (Å²) in [5.41, 5.74) is 5.41. The van der Waals surface area contributed by atoms with Gasteiger partial charge in [0, 0.05) is 26.2 Å². The summed E-state index contributed by atoms with van der Waals surface area (Å²) in [6.45, 7) is 3.14. The van der Waals surface area contributed by atoms with Crippen molar-refractivity contribution in [2.24, 2.45) is 5.73 Å². The largest absolute Gasteiger partial charge is 0.329 e. The fraction of sp³-hybridized carbons (Fsp3) is 0.875. The van der Waals surface area contributed by atoms with Crippen molar-refractivity contribution in [2.75, 3.05) is 26.2 Å². The van der Waals surface area contributed by atoms with Crippen LogP contribution in [0.5, 0.6) is 0 Å². The van der Waals surface area contributed by atoms with E-state index in [1.165, 1.54) is 12.8 Å². The Balaban J connectivity index is 2.01. The summed E-state index contributed by atoms with van der Waals surface area (Å²) in [6, 6.07) is 0.687. The Kier molecular flexibility index (Phi) is 1.92. The van der Waals surface area contributed by atoms with Crippen molar-refractivity contribution in [3.05, 3.63) is 0 Å². The Hall–Kier alpha value is -0.770. The molecule has 2 N–H and O–H groups in total. The molecule has 2 amide bonds. The van der Waals surface area contributed by atoms with E-state index < -0.39 is 0 Å². The number of hydrogen-bond acceptors (Lipinski definition) is 2. The van der Waals surface area contributed by atoms with Gasteiger partial charge in [-0.1, -0.05) is 0 Å². The smallest absolute Gasteiger partial charge is 0.320 e. The molecule has 0 aromatic rings. The van der Waals surface area contributed by atoms with E-state index in [4.69, 9.17) is 5.73 Å². The average Bonchev–Trinajstić information content (AvgIpc) is 2.58. The third-order valence-electron chi connectivity index (χ3n) is 2.72. The Labute approximate surface area is 72.3 Å². The first-order chi connectivity index (χ1) is 5.83. The molecule has 2 aliphatic heterocycles. The predicted molar refractivity (Wildman–Crippen MR) is 45.8 cm³/mol. The highest BCUT2D eigenvalue weighted by Crippen LogP contribution is 2.25. The normalized spacial score (nSPS) is 28.4. The van der Waals surface area contributed by atoms with E-state index in [-0.39, 0.29) is 6.03 Å². The van der Waals surface area contributed by atoms with Gasteiger partial charge in [-0.3, -0.25) is 0 Å². The van der Waals surface area contributed by atoms with Gasteiger partial charge in [-0.25, -0.2) is 4.79 Å². The summed E-state index contributed by atoms with van der Waals surface area (Å²) in [4.78, 5) is 15.4. The molecule has 4 nitrogen and oxygen atoms in total. The lowest BCUT2D eigenvalue weighted by Crippen LogP contribution is -2.34. The highest BCUT2D eigenvalue weighted by atomic mass is 16.2. The molecule has 0 aromatic carbocycles. The van der Waals surface area contributed by atoms with E-state index in [2.05, 4.69) is 0 Å². The summed E-state index contributed by atoms with van der Waals surface area (Å²) in [6.07, 6.45) is 2.35. The van der Waals surface area contributed by atoms with Crippen LogP contribution < -0.4 is 5.73 Å². The Bertz CT molecular complexity index is 195. The lowest BCUT2D eigenvalue weighted by atomic mass is 10.2. The number of amides is 2. The second-order valence-electron chi connectivity index (χ2n) is 3.51. The number of rotatable bonds is 2. The first kappa shape index (κ1) is 7.86. The van der Waals surface area contributed by atoms with Crippen molar-refractivity contribution in [3.8, 4) is 0 Å². The van der Waals surface area contributed by atoms with Crippen LogP contribution in [-0.4, -0.2) is 48.1 Å². The molecule has 2 rings (SSSR count). The number of carbonyl (C=O) groups excluding carboxylic acids is 1. The molecule has 0 aliphatic carbocycles. The van der Waals surface area contributed by atoms with Crippen LogP contribution in [0, 0.1) is 0 Å². The first-order valence-corrected chi connectivity index (χ1v) is 4.58. The van der Waals surface area contributed by atoms with Crippen molar-refractivity contribution >= 4 is 6.03 Å². The van der Waals surface area contributed by atoms with Gasteiger partial charge >= 0.3 is 6.03 Å². The van der Waals surface area contributed by atoms with Crippen LogP contribution in [0.1, 0.15) is 12.8 Å². The van der Waals surface area contributed by atoms with E-state index in [0.29, 0.717) is 19.1 Å². The molecule has 1 atom stereocenters. The summed E-state index contributed by atoms with van der Waals surface area (Å²) < 4.78 is 0. The predicted octanol–water partition coefficient (Wildman–Crippen LogP) is -0.155. The number of urea groups is 1. The SMILES string of the molecule is NCCN1C[C@@H]2CCCN2C1=O. The van der Waals surface area contributed by atoms with Gasteiger partial charge in [0.2, 0.25) is 0 Å². The van der Waals surface area contributed by atoms with E-state index in [0.717, 1.165) is 13.1 Å². The maximum Gasteiger partial charge on any atom is 0.320 e. The van der Waals surface area contributed by atoms with Crippen LogP contribution in [0.15, 0.2) is 0 Å². The second kappa shape index (κ2) is 2.94. The molecule has 12 heavy (non-hydrogen) atoms. The highest BCUT2D eigenvalue weighted by molar-refractivity contribution is 5.77. The van der Waals surface area contributed by atoms with E-state index in [1.807, 2.05) is 9.80 Å². The molecule has 0 saturated carbocycles. The van der Waals surface area contributed by atoms with Crippen LogP contribution in [-0.2, 0) is 0 Å². The average molecular weight is 169 g/mol. The maximum atomic E-state index is 11.6. The molecular weight excluding hydrogens is 154 g/mol. The van der Waals surface area contributed by atoms with Crippen molar-refractivity contribution in [2.45, 2.75) is 18.9 Å². The van der Waals surface area contributed by atoms with Crippen molar-refractivity contribution in [1.82, 2.24) is 9.80 Å². The fourth-order valence-corrected chi connectivity index (χ4v) is 2.13. The molecule has 2 aliphatic rings. The van der Waals surface area contributed by atoms with Gasteiger partial charge in [0.05, 0.1) is 6.04 Å². The van der Waals surface area contributed by atoms with E-state index in [1.54, 1.807) is 0 Å². The molecule has 0 radical (unpaired) electrons. The molecule has 2 heterocycles. The van der Waals surface area contributed by atoms with Crippen molar-refractivity contribution in [3.63, 3.8) is 0 Å². The third-order valence-corrected chi connectivity index (χ3v) is 2.72. The first-order valence-electron chi connectivity index (χ1n) is 4.58. The van der Waals surface area contributed by atoms with Gasteiger partial charge < -0.3 is 15.5 Å².